The van der Waals surface area contributed by atoms with E-state index in [4.69, 9.17) is 42.1 Å². The average molecular weight is 984 g/mol. The molecule has 8 heterocycles. The van der Waals surface area contributed by atoms with Crippen LogP contribution in [0.3, 0.4) is 0 Å². The van der Waals surface area contributed by atoms with Crippen LogP contribution in [0.25, 0.3) is 0 Å². The van der Waals surface area contributed by atoms with Crippen LogP contribution in [0.5, 0.6) is 23.0 Å². The zero-order valence-corrected chi connectivity index (χ0v) is 41.0. The first-order valence-corrected chi connectivity index (χ1v) is 25.7. The number of ketones is 1. The van der Waals surface area contributed by atoms with Crippen LogP contribution in [0.1, 0.15) is 45.7 Å². The van der Waals surface area contributed by atoms with Crippen molar-refractivity contribution in [3.05, 3.63) is 165 Å². The lowest BCUT2D eigenvalue weighted by atomic mass is 9.94. The number of rotatable bonds is 14. The minimum atomic E-state index is -0.344. The van der Waals surface area contributed by atoms with Gasteiger partial charge in [-0.15, -0.1) is 0 Å². The summed E-state index contributed by atoms with van der Waals surface area (Å²) in [6.07, 6.45) is 4.37. The van der Waals surface area contributed by atoms with Gasteiger partial charge in [-0.1, -0.05) is 59.6 Å². The largest absolute Gasteiger partial charge is 0.454 e. The molecule has 0 radical (unpaired) electrons. The maximum absolute atomic E-state index is 16.5. The zero-order valence-electron chi connectivity index (χ0n) is 39.5. The van der Waals surface area contributed by atoms with Crippen molar-refractivity contribution >= 4 is 29.0 Å². The molecule has 4 unspecified atom stereocenters. The van der Waals surface area contributed by atoms with Gasteiger partial charge in [0.05, 0.1) is 24.2 Å². The summed E-state index contributed by atoms with van der Waals surface area (Å²) >= 11 is 13.0. The van der Waals surface area contributed by atoms with E-state index < -0.39 is 0 Å². The summed E-state index contributed by atoms with van der Waals surface area (Å²) in [4.78, 5) is 31.7. The van der Waals surface area contributed by atoms with E-state index in [0.29, 0.717) is 28.9 Å². The molecule has 0 aliphatic carbocycles. The minimum absolute atomic E-state index is 0.0223. The molecular formula is C55H60Cl2N8O5. The third kappa shape index (κ3) is 9.46. The number of hydrogen-bond donors (Lipinski definition) is 0. The lowest BCUT2D eigenvalue weighted by Crippen LogP contribution is -2.63. The summed E-state index contributed by atoms with van der Waals surface area (Å²) in [6, 6.07) is 37.2. The van der Waals surface area contributed by atoms with E-state index in [2.05, 4.69) is 124 Å². The first kappa shape index (κ1) is 45.8. The Labute approximate surface area is 420 Å². The Morgan fingerprint density at radius 3 is 1.33 bits per heavy atom. The molecule has 364 valence electrons. The van der Waals surface area contributed by atoms with Crippen molar-refractivity contribution in [2.75, 3.05) is 92.1 Å². The van der Waals surface area contributed by atoms with E-state index in [-0.39, 0.29) is 37.8 Å². The third-order valence-corrected chi connectivity index (χ3v) is 16.0. The standard InChI is InChI=1S/C55H60Cl2N8O5/c56-43-11-7-41(8-12-43)53-45-3-1-17-60(45)27-29-64(53)35-47(62-23-19-58(20-24-62)33-39-5-15-49-51(31-39)69-37-67-49)55(66)48(63-25-21-59(22-26-63)34-40-6-16-50-52(32-40)70-38-68-50)36-65-30-28-61-18-2-4-46(61)54(65)42-9-13-44(57)14-10-42/h1-18,31-32,47-48,53-54H,19-30,33-38H2. The molecule has 12 rings (SSSR count). The average Bonchev–Trinajstić information content (AvgIpc) is 4.24. The lowest BCUT2D eigenvalue weighted by molar-refractivity contribution is -0.133. The first-order chi connectivity index (χ1) is 34.4. The topological polar surface area (TPSA) is 83.3 Å². The molecule has 0 bridgehead atoms. The molecule has 2 fully saturated rings. The number of aromatic nitrogens is 2. The van der Waals surface area contributed by atoms with Gasteiger partial charge in [-0.3, -0.25) is 34.2 Å². The third-order valence-electron chi connectivity index (χ3n) is 15.5. The Bertz CT molecular complexity index is 2600. The Kier molecular flexibility index (Phi) is 13.1. The van der Waals surface area contributed by atoms with Crippen molar-refractivity contribution in [1.29, 1.82) is 0 Å². The molecule has 0 amide bonds. The van der Waals surface area contributed by atoms with Crippen LogP contribution in [0, 0.1) is 0 Å². The predicted octanol–water partition coefficient (Wildman–Crippen LogP) is 7.51. The van der Waals surface area contributed by atoms with Gasteiger partial charge in [-0.05, 0) is 95.1 Å². The fraction of sp³-hybridized carbons (Fsp3) is 0.400. The number of halogens is 2. The molecule has 6 aliphatic heterocycles. The number of fused-ring (bicyclic) bond motifs is 4. The Morgan fingerprint density at radius 2 is 0.900 bits per heavy atom. The minimum Gasteiger partial charge on any atom is -0.454 e. The summed E-state index contributed by atoms with van der Waals surface area (Å²) in [5, 5.41) is 1.43. The lowest BCUT2D eigenvalue weighted by Gasteiger charge is -2.47. The van der Waals surface area contributed by atoms with Gasteiger partial charge in [0.15, 0.2) is 28.8 Å². The molecule has 2 aromatic heterocycles. The molecular weight excluding hydrogens is 924 g/mol. The second kappa shape index (κ2) is 20.0. The highest BCUT2D eigenvalue weighted by molar-refractivity contribution is 6.30. The highest BCUT2D eigenvalue weighted by Gasteiger charge is 2.43. The smallest absolute Gasteiger partial charge is 0.231 e. The monoisotopic (exact) mass is 982 g/mol. The Balaban J connectivity index is 0.865. The Morgan fingerprint density at radius 1 is 0.486 bits per heavy atom. The van der Waals surface area contributed by atoms with Gasteiger partial charge < -0.3 is 28.1 Å². The molecule has 0 saturated carbocycles. The number of piperazine rings is 2. The molecule has 4 atom stereocenters. The van der Waals surface area contributed by atoms with E-state index in [1.807, 2.05) is 36.4 Å². The number of carbonyl (C=O) groups excluding carboxylic acids is 1. The first-order valence-electron chi connectivity index (χ1n) is 24.9. The molecule has 6 aromatic rings. The number of ether oxygens (including phenoxy) is 4. The number of nitrogens with zero attached hydrogens (tertiary/aromatic N) is 8. The summed E-state index contributed by atoms with van der Waals surface area (Å²) in [5.74, 6) is 3.53. The van der Waals surface area contributed by atoms with E-state index in [9.17, 15) is 0 Å². The second-order valence-corrected chi connectivity index (χ2v) is 20.5. The van der Waals surface area contributed by atoms with Crippen molar-refractivity contribution in [2.24, 2.45) is 0 Å². The molecule has 0 spiro atoms. The van der Waals surface area contributed by atoms with Gasteiger partial charge >= 0.3 is 0 Å². The van der Waals surface area contributed by atoms with Gasteiger partial charge in [-0.25, -0.2) is 0 Å². The normalized spacial score (nSPS) is 21.9. The van der Waals surface area contributed by atoms with E-state index >= 15 is 4.79 Å². The fourth-order valence-electron chi connectivity index (χ4n) is 11.8. The zero-order chi connectivity index (χ0) is 47.1. The highest BCUT2D eigenvalue weighted by Crippen LogP contribution is 2.38. The number of benzene rings is 4. The fourth-order valence-corrected chi connectivity index (χ4v) is 12.1. The molecule has 4 aromatic carbocycles. The molecule has 13 nitrogen and oxygen atoms in total. The number of Topliss-reactive ketones (excluding diaryl/α,β-unsaturated/α-hetero) is 1. The summed E-state index contributed by atoms with van der Waals surface area (Å²) in [7, 11) is 0. The van der Waals surface area contributed by atoms with Crippen LogP contribution in [-0.2, 0) is 31.0 Å². The van der Waals surface area contributed by atoms with Gasteiger partial charge in [-0.2, -0.15) is 0 Å². The molecule has 15 heteroatoms. The van der Waals surface area contributed by atoms with Crippen molar-refractivity contribution in [1.82, 2.24) is 38.5 Å². The van der Waals surface area contributed by atoms with Crippen molar-refractivity contribution in [3.63, 3.8) is 0 Å². The molecule has 6 aliphatic rings. The van der Waals surface area contributed by atoms with Crippen molar-refractivity contribution in [2.45, 2.75) is 50.3 Å². The maximum Gasteiger partial charge on any atom is 0.231 e. The SMILES string of the molecule is O=C(C(CN1CCn2cccc2C1c1ccc(Cl)cc1)N1CCN(Cc2ccc3c(c2)OCO3)CC1)C(CN1CCn2cccc2C1c1ccc(Cl)cc1)N1CCN(Cc2ccc3c(c2)OCO3)CC1. The van der Waals surface area contributed by atoms with Gasteiger partial charge in [0.1, 0.15) is 0 Å². The van der Waals surface area contributed by atoms with E-state index in [1.165, 1.54) is 33.6 Å². The quantitative estimate of drug-likeness (QED) is 0.109. The second-order valence-electron chi connectivity index (χ2n) is 19.6. The van der Waals surface area contributed by atoms with E-state index in [0.717, 1.165) is 115 Å². The summed E-state index contributed by atoms with van der Waals surface area (Å²) in [5.41, 5.74) is 7.25. The number of carbonyl (C=O) groups is 1. The van der Waals surface area contributed by atoms with Crippen LogP contribution >= 0.6 is 23.2 Å². The van der Waals surface area contributed by atoms with Crippen LogP contribution < -0.4 is 18.9 Å². The van der Waals surface area contributed by atoms with Crippen molar-refractivity contribution < 1.29 is 23.7 Å². The van der Waals surface area contributed by atoms with Crippen LogP contribution in [0.15, 0.2) is 122 Å². The van der Waals surface area contributed by atoms with Gasteiger partial charge in [0.2, 0.25) is 13.6 Å². The van der Waals surface area contributed by atoms with Crippen LogP contribution in [-0.4, -0.2) is 149 Å². The predicted molar refractivity (Wildman–Crippen MR) is 270 cm³/mol. The molecule has 2 saturated heterocycles. The Hall–Kier alpha value is -5.35. The van der Waals surface area contributed by atoms with Crippen molar-refractivity contribution in [3.8, 4) is 23.0 Å². The summed E-state index contributed by atoms with van der Waals surface area (Å²) < 4.78 is 27.4. The highest BCUT2D eigenvalue weighted by atomic mass is 35.5. The van der Waals surface area contributed by atoms with Gasteiger partial charge in [0, 0.05) is 139 Å². The molecule has 70 heavy (non-hydrogen) atoms. The van der Waals surface area contributed by atoms with E-state index in [1.54, 1.807) is 0 Å². The van der Waals surface area contributed by atoms with Crippen LogP contribution in [0.4, 0.5) is 0 Å². The summed E-state index contributed by atoms with van der Waals surface area (Å²) in [6.45, 7) is 13.3. The van der Waals surface area contributed by atoms with Crippen LogP contribution in [0.2, 0.25) is 10.0 Å². The molecule has 0 N–H and O–H groups in total. The number of hydrogen-bond acceptors (Lipinski definition) is 11. The maximum atomic E-state index is 16.5. The van der Waals surface area contributed by atoms with Gasteiger partial charge in [0.25, 0.3) is 0 Å².